The van der Waals surface area contributed by atoms with Crippen LogP contribution in [0.25, 0.3) is 0 Å². The third-order valence-corrected chi connectivity index (χ3v) is 5.08. The molecule has 0 unspecified atom stereocenters. The molecule has 0 fully saturated rings. The second-order valence-corrected chi connectivity index (χ2v) is 8.12. The number of amides is 2. The molecule has 0 bridgehead atoms. The van der Waals surface area contributed by atoms with Crippen LogP contribution in [-0.2, 0) is 28.5 Å². The van der Waals surface area contributed by atoms with E-state index >= 15 is 0 Å². The van der Waals surface area contributed by atoms with Crippen LogP contribution in [0.5, 0.6) is 0 Å². The lowest BCUT2D eigenvalue weighted by atomic mass is 10.2. The van der Waals surface area contributed by atoms with Crippen LogP contribution in [0, 0.1) is 6.92 Å². The summed E-state index contributed by atoms with van der Waals surface area (Å²) >= 11 is 0. The SMILES string of the molecule is C=CC(=O)OCCCCCCOC(=O)Nc1ccc(NC(=O)OCCCCCCOC(=O)C=C)c(C)c1. The van der Waals surface area contributed by atoms with Gasteiger partial charge in [-0.3, -0.25) is 10.6 Å². The molecule has 0 aliphatic heterocycles. The molecule has 204 valence electrons. The van der Waals surface area contributed by atoms with Crippen molar-refractivity contribution in [2.75, 3.05) is 37.1 Å². The van der Waals surface area contributed by atoms with E-state index in [1.807, 2.05) is 0 Å². The molecule has 2 N–H and O–H groups in total. The lowest BCUT2D eigenvalue weighted by Gasteiger charge is -2.12. The zero-order chi connectivity index (χ0) is 27.3. The maximum absolute atomic E-state index is 12.0. The van der Waals surface area contributed by atoms with Crippen LogP contribution in [-0.4, -0.2) is 50.6 Å². The van der Waals surface area contributed by atoms with E-state index in [1.165, 1.54) is 0 Å². The van der Waals surface area contributed by atoms with E-state index in [0.717, 1.165) is 56.2 Å². The fraction of sp³-hybridized carbons (Fsp3) is 0.481. The maximum Gasteiger partial charge on any atom is 0.411 e. The summed E-state index contributed by atoms with van der Waals surface area (Å²) < 4.78 is 20.2. The van der Waals surface area contributed by atoms with Crippen molar-refractivity contribution in [3.05, 3.63) is 49.1 Å². The Morgan fingerprint density at radius 2 is 1.11 bits per heavy atom. The van der Waals surface area contributed by atoms with E-state index in [0.29, 0.717) is 37.4 Å². The number of carbonyl (C=O) groups is 4. The Morgan fingerprint density at radius 1 is 0.676 bits per heavy atom. The molecule has 0 saturated carbocycles. The van der Waals surface area contributed by atoms with Crippen LogP contribution in [0.15, 0.2) is 43.5 Å². The minimum absolute atomic E-state index is 0.283. The van der Waals surface area contributed by atoms with Crippen LogP contribution in [0.4, 0.5) is 21.0 Å². The summed E-state index contributed by atoms with van der Waals surface area (Å²) in [5.74, 6) is -0.853. The van der Waals surface area contributed by atoms with E-state index in [9.17, 15) is 19.2 Å². The Hall–Kier alpha value is -3.82. The number of hydrogen-bond donors (Lipinski definition) is 2. The van der Waals surface area contributed by atoms with Crippen molar-refractivity contribution in [2.45, 2.75) is 58.3 Å². The van der Waals surface area contributed by atoms with E-state index in [1.54, 1.807) is 25.1 Å². The van der Waals surface area contributed by atoms with Gasteiger partial charge in [0.05, 0.1) is 26.4 Å². The number of aryl methyl sites for hydroxylation is 1. The van der Waals surface area contributed by atoms with Crippen LogP contribution in [0.2, 0.25) is 0 Å². The number of nitrogens with one attached hydrogen (secondary N) is 2. The van der Waals surface area contributed by atoms with Gasteiger partial charge in [0.2, 0.25) is 0 Å². The van der Waals surface area contributed by atoms with Crippen molar-refractivity contribution in [3.63, 3.8) is 0 Å². The first-order valence-electron chi connectivity index (χ1n) is 12.4. The largest absolute Gasteiger partial charge is 0.463 e. The molecule has 2 amide bonds. The molecule has 1 rings (SSSR count). The molecular formula is C27H38N2O8. The van der Waals surface area contributed by atoms with Gasteiger partial charge in [-0.15, -0.1) is 0 Å². The summed E-state index contributed by atoms with van der Waals surface area (Å²) in [6.07, 6.45) is 7.48. The molecule has 0 spiro atoms. The number of carbonyl (C=O) groups excluding carboxylic acids is 4. The monoisotopic (exact) mass is 518 g/mol. The Balaban J connectivity index is 2.17. The number of benzene rings is 1. The van der Waals surface area contributed by atoms with E-state index in [4.69, 9.17) is 18.9 Å². The van der Waals surface area contributed by atoms with Gasteiger partial charge >= 0.3 is 24.1 Å². The summed E-state index contributed by atoms with van der Waals surface area (Å²) in [6.45, 7) is 9.74. The van der Waals surface area contributed by atoms with Gasteiger partial charge in [-0.1, -0.05) is 13.2 Å². The number of unbranched alkanes of at least 4 members (excludes halogenated alkanes) is 6. The predicted octanol–water partition coefficient (Wildman–Crippen LogP) is 5.67. The van der Waals surface area contributed by atoms with Gasteiger partial charge in [0.15, 0.2) is 0 Å². The average molecular weight is 519 g/mol. The number of anilines is 2. The fourth-order valence-corrected chi connectivity index (χ4v) is 3.09. The van der Waals surface area contributed by atoms with Gasteiger partial charge in [-0.25, -0.2) is 19.2 Å². The van der Waals surface area contributed by atoms with E-state index in [2.05, 4.69) is 23.8 Å². The zero-order valence-corrected chi connectivity index (χ0v) is 21.6. The Kier molecular flexibility index (Phi) is 16.3. The highest BCUT2D eigenvalue weighted by molar-refractivity contribution is 5.88. The standard InChI is InChI=1S/C27H38N2O8/c1-4-24(30)34-16-10-6-8-12-18-36-26(32)28-22-14-15-23(21(3)20-22)29-27(33)37-19-13-9-7-11-17-35-25(31)5-2/h4-5,14-15,20H,1-2,6-13,16-19H2,3H3,(H,28,32)(H,29,33). The number of rotatable bonds is 18. The van der Waals surface area contributed by atoms with Gasteiger partial charge in [-0.2, -0.15) is 0 Å². The normalized spacial score (nSPS) is 10.1. The van der Waals surface area contributed by atoms with Gasteiger partial charge in [-0.05, 0) is 82.1 Å². The summed E-state index contributed by atoms with van der Waals surface area (Å²) in [5, 5.41) is 5.35. The summed E-state index contributed by atoms with van der Waals surface area (Å²) in [7, 11) is 0. The van der Waals surface area contributed by atoms with Crippen molar-refractivity contribution in [1.29, 1.82) is 0 Å². The first-order chi connectivity index (χ1) is 17.8. The molecule has 0 aliphatic rings. The smallest absolute Gasteiger partial charge is 0.411 e. The van der Waals surface area contributed by atoms with Crippen molar-refractivity contribution in [3.8, 4) is 0 Å². The van der Waals surface area contributed by atoms with Crippen molar-refractivity contribution in [2.24, 2.45) is 0 Å². The molecule has 1 aromatic carbocycles. The van der Waals surface area contributed by atoms with Gasteiger partial charge in [0, 0.05) is 23.5 Å². The average Bonchev–Trinajstić information content (AvgIpc) is 2.88. The highest BCUT2D eigenvalue weighted by Crippen LogP contribution is 2.20. The summed E-state index contributed by atoms with van der Waals surface area (Å²) in [6, 6.07) is 5.06. The van der Waals surface area contributed by atoms with E-state index < -0.39 is 24.1 Å². The summed E-state index contributed by atoms with van der Waals surface area (Å²) in [5.41, 5.74) is 1.87. The fourth-order valence-electron chi connectivity index (χ4n) is 3.09. The molecule has 0 aliphatic carbocycles. The molecule has 0 aromatic heterocycles. The zero-order valence-electron chi connectivity index (χ0n) is 21.6. The number of ether oxygens (including phenoxy) is 4. The highest BCUT2D eigenvalue weighted by Gasteiger charge is 2.09. The van der Waals surface area contributed by atoms with E-state index in [-0.39, 0.29) is 13.2 Å². The molecule has 0 saturated heterocycles. The first-order valence-corrected chi connectivity index (χ1v) is 12.4. The van der Waals surface area contributed by atoms with Gasteiger partial charge < -0.3 is 18.9 Å². The number of esters is 2. The molecular weight excluding hydrogens is 480 g/mol. The molecule has 1 aromatic rings. The van der Waals surface area contributed by atoms with Crippen LogP contribution in [0.3, 0.4) is 0 Å². The molecule has 0 heterocycles. The molecule has 37 heavy (non-hydrogen) atoms. The van der Waals surface area contributed by atoms with Crippen LogP contribution in [0.1, 0.15) is 56.9 Å². The first kappa shape index (κ1) is 31.2. The van der Waals surface area contributed by atoms with Crippen molar-refractivity contribution >= 4 is 35.5 Å². The molecule has 10 nitrogen and oxygen atoms in total. The Morgan fingerprint density at radius 3 is 1.54 bits per heavy atom. The molecule has 10 heteroatoms. The van der Waals surface area contributed by atoms with Gasteiger partial charge in [0.1, 0.15) is 0 Å². The lowest BCUT2D eigenvalue weighted by Crippen LogP contribution is -2.16. The minimum atomic E-state index is -0.557. The Labute approximate surface area is 218 Å². The number of hydrogen-bond acceptors (Lipinski definition) is 8. The highest BCUT2D eigenvalue weighted by atomic mass is 16.6. The molecule has 0 radical (unpaired) electrons. The predicted molar refractivity (Wildman–Crippen MR) is 140 cm³/mol. The van der Waals surface area contributed by atoms with Crippen molar-refractivity contribution in [1.82, 2.24) is 0 Å². The topological polar surface area (TPSA) is 129 Å². The second kappa shape index (κ2) is 19.4. The second-order valence-electron chi connectivity index (χ2n) is 8.12. The summed E-state index contributed by atoms with van der Waals surface area (Å²) in [4.78, 5) is 45.9. The third kappa shape index (κ3) is 15.7. The van der Waals surface area contributed by atoms with Crippen LogP contribution >= 0.6 is 0 Å². The lowest BCUT2D eigenvalue weighted by molar-refractivity contribution is -0.138. The third-order valence-electron chi connectivity index (χ3n) is 5.08. The minimum Gasteiger partial charge on any atom is -0.463 e. The maximum atomic E-state index is 12.0. The van der Waals surface area contributed by atoms with Crippen LogP contribution < -0.4 is 10.6 Å². The Bertz CT molecular complexity index is 900. The van der Waals surface area contributed by atoms with Crippen molar-refractivity contribution < 1.29 is 38.1 Å². The molecule has 0 atom stereocenters. The van der Waals surface area contributed by atoms with Gasteiger partial charge in [0.25, 0.3) is 0 Å². The quantitative estimate of drug-likeness (QED) is 0.110.